The van der Waals surface area contributed by atoms with Gasteiger partial charge in [0.1, 0.15) is 17.8 Å². The molecule has 1 amide bonds. The van der Waals surface area contributed by atoms with E-state index in [0.717, 1.165) is 0 Å². The number of nitrogens with one attached hydrogen (secondary N) is 1. The van der Waals surface area contributed by atoms with Gasteiger partial charge in [-0.3, -0.25) is 4.79 Å². The van der Waals surface area contributed by atoms with E-state index in [2.05, 4.69) is 15.3 Å². The van der Waals surface area contributed by atoms with Gasteiger partial charge in [-0.1, -0.05) is 6.07 Å². The van der Waals surface area contributed by atoms with Gasteiger partial charge in [0, 0.05) is 19.7 Å². The number of carbonyl (C=O) groups excluding carboxylic acids is 1. The fourth-order valence-corrected chi connectivity index (χ4v) is 1.86. The zero-order valence-corrected chi connectivity index (χ0v) is 12.3. The summed E-state index contributed by atoms with van der Waals surface area (Å²) in [5, 5.41) is 2.82. The van der Waals surface area contributed by atoms with Crippen molar-refractivity contribution in [2.75, 3.05) is 30.9 Å². The Labute approximate surface area is 123 Å². The lowest BCUT2D eigenvalue weighted by atomic mass is 10.2. The molecule has 21 heavy (non-hydrogen) atoms. The van der Waals surface area contributed by atoms with Gasteiger partial charge in [0.05, 0.1) is 12.8 Å². The number of hydrogen-bond acceptors (Lipinski definition) is 5. The maximum Gasteiger partial charge on any atom is 0.255 e. The Balaban J connectivity index is 2.20. The van der Waals surface area contributed by atoms with Crippen molar-refractivity contribution in [1.29, 1.82) is 0 Å². The second kappa shape index (κ2) is 6.69. The van der Waals surface area contributed by atoms with E-state index >= 15 is 0 Å². The van der Waals surface area contributed by atoms with Crippen molar-refractivity contribution >= 4 is 17.4 Å². The fourth-order valence-electron chi connectivity index (χ4n) is 1.86. The van der Waals surface area contributed by atoms with Crippen LogP contribution in [0, 0.1) is 0 Å². The Morgan fingerprint density at radius 3 is 2.90 bits per heavy atom. The van der Waals surface area contributed by atoms with Crippen molar-refractivity contribution in [2.45, 2.75) is 6.92 Å². The first-order valence-corrected chi connectivity index (χ1v) is 6.63. The van der Waals surface area contributed by atoms with Crippen LogP contribution in [0.2, 0.25) is 0 Å². The molecular weight excluding hydrogens is 268 g/mol. The molecule has 1 aromatic carbocycles. The second-order valence-electron chi connectivity index (χ2n) is 4.57. The minimum atomic E-state index is -0.227. The number of anilines is 2. The molecule has 0 radical (unpaired) electrons. The largest absolute Gasteiger partial charge is 0.494 e. The van der Waals surface area contributed by atoms with E-state index in [1.54, 1.807) is 24.4 Å². The lowest BCUT2D eigenvalue weighted by Crippen LogP contribution is -2.18. The third-order valence-electron chi connectivity index (χ3n) is 2.77. The molecule has 2 rings (SSSR count). The molecule has 1 N–H and O–H groups in total. The van der Waals surface area contributed by atoms with Crippen LogP contribution in [0.25, 0.3) is 0 Å². The molecule has 0 saturated heterocycles. The number of rotatable bonds is 5. The fraction of sp³-hybridized carbons (Fsp3) is 0.267. The van der Waals surface area contributed by atoms with Gasteiger partial charge in [-0.25, -0.2) is 9.97 Å². The van der Waals surface area contributed by atoms with Crippen LogP contribution in [-0.4, -0.2) is 36.6 Å². The van der Waals surface area contributed by atoms with Crippen molar-refractivity contribution in [3.63, 3.8) is 0 Å². The van der Waals surface area contributed by atoms with Crippen molar-refractivity contribution < 1.29 is 9.53 Å². The first-order chi connectivity index (χ1) is 10.1. The van der Waals surface area contributed by atoms with Crippen molar-refractivity contribution in [2.24, 2.45) is 0 Å². The third kappa shape index (κ3) is 3.68. The third-order valence-corrected chi connectivity index (χ3v) is 2.77. The monoisotopic (exact) mass is 286 g/mol. The molecule has 1 heterocycles. The number of aromatic nitrogens is 2. The Morgan fingerprint density at radius 2 is 2.19 bits per heavy atom. The minimum absolute atomic E-state index is 0.227. The molecule has 0 bridgehead atoms. The Kier molecular flexibility index (Phi) is 4.71. The molecule has 0 aliphatic rings. The SMILES string of the molecule is CCOc1cccc(C(=O)Nc2cncnc2N(C)C)c1. The second-order valence-corrected chi connectivity index (χ2v) is 4.57. The lowest BCUT2D eigenvalue weighted by molar-refractivity contribution is 0.102. The van der Waals surface area contributed by atoms with Gasteiger partial charge in [0.25, 0.3) is 5.91 Å². The van der Waals surface area contributed by atoms with Gasteiger partial charge >= 0.3 is 0 Å². The predicted octanol–water partition coefficient (Wildman–Crippen LogP) is 2.19. The van der Waals surface area contributed by atoms with E-state index in [-0.39, 0.29) is 5.91 Å². The highest BCUT2D eigenvalue weighted by Crippen LogP contribution is 2.21. The van der Waals surface area contributed by atoms with Crippen LogP contribution < -0.4 is 15.0 Å². The quantitative estimate of drug-likeness (QED) is 0.912. The van der Waals surface area contributed by atoms with Crippen LogP contribution >= 0.6 is 0 Å². The van der Waals surface area contributed by atoms with Crippen molar-refractivity contribution in [3.8, 4) is 5.75 Å². The van der Waals surface area contributed by atoms with Crippen LogP contribution in [0.3, 0.4) is 0 Å². The summed E-state index contributed by atoms with van der Waals surface area (Å²) >= 11 is 0. The summed E-state index contributed by atoms with van der Waals surface area (Å²) in [5.41, 5.74) is 1.09. The summed E-state index contributed by atoms with van der Waals surface area (Å²) in [7, 11) is 3.71. The molecule has 2 aromatic rings. The minimum Gasteiger partial charge on any atom is -0.494 e. The molecule has 6 heteroatoms. The van der Waals surface area contributed by atoms with E-state index < -0.39 is 0 Å². The van der Waals surface area contributed by atoms with Crippen LogP contribution in [0.4, 0.5) is 11.5 Å². The highest BCUT2D eigenvalue weighted by atomic mass is 16.5. The number of benzene rings is 1. The summed E-state index contributed by atoms with van der Waals surface area (Å²) in [6.45, 7) is 2.46. The Bertz CT molecular complexity index is 629. The Morgan fingerprint density at radius 1 is 1.38 bits per heavy atom. The summed E-state index contributed by atoms with van der Waals surface area (Å²) in [5.74, 6) is 1.09. The molecule has 0 spiro atoms. The molecule has 110 valence electrons. The summed E-state index contributed by atoms with van der Waals surface area (Å²) < 4.78 is 5.40. The predicted molar refractivity (Wildman–Crippen MR) is 81.9 cm³/mol. The number of carbonyl (C=O) groups is 1. The van der Waals surface area contributed by atoms with Crippen LogP contribution in [0.1, 0.15) is 17.3 Å². The van der Waals surface area contributed by atoms with E-state index in [4.69, 9.17) is 4.74 Å². The standard InChI is InChI=1S/C15H18N4O2/c1-4-21-12-7-5-6-11(8-12)15(20)18-13-9-16-10-17-14(13)19(2)3/h5-10H,4H2,1-3H3,(H,18,20). The van der Waals surface area contributed by atoms with E-state index in [0.29, 0.717) is 29.4 Å². The Hall–Kier alpha value is -2.63. The number of hydrogen-bond donors (Lipinski definition) is 1. The van der Waals surface area contributed by atoms with Gasteiger partial charge in [-0.15, -0.1) is 0 Å². The molecule has 0 aliphatic heterocycles. The molecule has 0 atom stereocenters. The molecule has 0 unspecified atom stereocenters. The summed E-state index contributed by atoms with van der Waals surface area (Å²) in [6.07, 6.45) is 3.02. The maximum absolute atomic E-state index is 12.3. The highest BCUT2D eigenvalue weighted by molar-refractivity contribution is 6.05. The molecule has 0 aliphatic carbocycles. The zero-order chi connectivity index (χ0) is 15.2. The number of amides is 1. The van der Waals surface area contributed by atoms with Gasteiger partial charge in [-0.05, 0) is 25.1 Å². The van der Waals surface area contributed by atoms with Crippen molar-refractivity contribution in [1.82, 2.24) is 9.97 Å². The highest BCUT2D eigenvalue weighted by Gasteiger charge is 2.12. The molecular formula is C15H18N4O2. The van der Waals surface area contributed by atoms with E-state index in [1.165, 1.54) is 6.33 Å². The summed E-state index contributed by atoms with van der Waals surface area (Å²) in [6, 6.07) is 7.04. The van der Waals surface area contributed by atoms with Crippen LogP contribution in [-0.2, 0) is 0 Å². The molecule has 0 fully saturated rings. The molecule has 1 aromatic heterocycles. The number of nitrogens with zero attached hydrogens (tertiary/aromatic N) is 3. The van der Waals surface area contributed by atoms with Gasteiger partial charge in [-0.2, -0.15) is 0 Å². The van der Waals surface area contributed by atoms with Crippen LogP contribution in [0.15, 0.2) is 36.8 Å². The average molecular weight is 286 g/mol. The average Bonchev–Trinajstić information content (AvgIpc) is 2.48. The number of ether oxygens (including phenoxy) is 1. The molecule has 0 saturated carbocycles. The van der Waals surface area contributed by atoms with Gasteiger partial charge < -0.3 is 15.0 Å². The first-order valence-electron chi connectivity index (χ1n) is 6.63. The van der Waals surface area contributed by atoms with Crippen molar-refractivity contribution in [3.05, 3.63) is 42.4 Å². The normalized spacial score (nSPS) is 10.0. The topological polar surface area (TPSA) is 67.3 Å². The van der Waals surface area contributed by atoms with Crippen LogP contribution in [0.5, 0.6) is 5.75 Å². The van der Waals surface area contributed by atoms with E-state index in [9.17, 15) is 4.79 Å². The summed E-state index contributed by atoms with van der Waals surface area (Å²) in [4.78, 5) is 22.2. The molecule has 6 nitrogen and oxygen atoms in total. The van der Waals surface area contributed by atoms with Gasteiger partial charge in [0.2, 0.25) is 0 Å². The first kappa shape index (κ1) is 14.8. The zero-order valence-electron chi connectivity index (χ0n) is 12.3. The smallest absolute Gasteiger partial charge is 0.255 e. The lowest BCUT2D eigenvalue weighted by Gasteiger charge is -2.15. The van der Waals surface area contributed by atoms with E-state index in [1.807, 2.05) is 32.0 Å². The van der Waals surface area contributed by atoms with Gasteiger partial charge in [0.15, 0.2) is 5.82 Å². The maximum atomic E-state index is 12.3.